The molecule has 0 spiro atoms. The number of carbonyl (C=O) groups is 2. The Balaban J connectivity index is 1.29. The molecule has 1 aromatic carbocycles. The van der Waals surface area contributed by atoms with Crippen molar-refractivity contribution in [3.8, 4) is 5.75 Å². The number of likely N-dealkylation sites (N-methyl/N-ethyl adjacent to an activating group) is 1. The van der Waals surface area contributed by atoms with Crippen molar-refractivity contribution in [2.45, 2.75) is 31.8 Å². The van der Waals surface area contributed by atoms with Gasteiger partial charge in [0.2, 0.25) is 5.91 Å². The van der Waals surface area contributed by atoms with Crippen LogP contribution in [0.15, 0.2) is 48.7 Å². The van der Waals surface area contributed by atoms with Crippen LogP contribution >= 0.6 is 0 Å². The van der Waals surface area contributed by atoms with Gasteiger partial charge in [0.05, 0.1) is 0 Å². The first-order valence-corrected chi connectivity index (χ1v) is 13.2. The number of piperazine rings is 1. The fourth-order valence-corrected chi connectivity index (χ4v) is 5.48. The molecule has 0 saturated carbocycles. The molecule has 0 unspecified atom stereocenters. The number of amides is 2. The van der Waals surface area contributed by atoms with Crippen molar-refractivity contribution in [3.05, 3.63) is 54.2 Å². The lowest BCUT2D eigenvalue weighted by Crippen LogP contribution is -2.51. The Morgan fingerprint density at radius 1 is 0.944 bits per heavy atom. The minimum Gasteiger partial charge on any atom is -0.490 e. The summed E-state index contributed by atoms with van der Waals surface area (Å²) in [4.78, 5) is 39.6. The monoisotopic (exact) mass is 491 g/mol. The van der Waals surface area contributed by atoms with E-state index in [2.05, 4.69) is 21.8 Å². The highest BCUT2D eigenvalue weighted by molar-refractivity contribution is 5.95. The van der Waals surface area contributed by atoms with Gasteiger partial charge in [-0.2, -0.15) is 0 Å². The highest BCUT2D eigenvalue weighted by atomic mass is 16.5. The molecule has 8 heteroatoms. The molecular formula is C28H37N5O3. The Bertz CT molecular complexity index is 1030. The zero-order valence-corrected chi connectivity index (χ0v) is 21.2. The number of carbonyl (C=O) groups excluding carboxylic acids is 2. The van der Waals surface area contributed by atoms with Crippen LogP contribution in [0.4, 0.5) is 5.82 Å². The molecule has 2 amide bonds. The fourth-order valence-electron chi connectivity index (χ4n) is 5.48. The van der Waals surface area contributed by atoms with E-state index < -0.39 is 0 Å². The van der Waals surface area contributed by atoms with E-state index in [1.54, 1.807) is 12.3 Å². The first kappa shape index (κ1) is 24.6. The van der Waals surface area contributed by atoms with Gasteiger partial charge in [0, 0.05) is 82.9 Å². The smallest absolute Gasteiger partial charge is 0.254 e. The Labute approximate surface area is 213 Å². The van der Waals surface area contributed by atoms with Crippen LogP contribution in [-0.4, -0.2) is 97.0 Å². The normalized spacial score (nSPS) is 23.1. The van der Waals surface area contributed by atoms with Crippen molar-refractivity contribution in [2.24, 2.45) is 5.92 Å². The van der Waals surface area contributed by atoms with Gasteiger partial charge < -0.3 is 24.3 Å². The van der Waals surface area contributed by atoms with Gasteiger partial charge in [0.25, 0.3) is 5.91 Å². The van der Waals surface area contributed by atoms with E-state index in [9.17, 15) is 9.59 Å². The molecule has 3 aliphatic rings. The second kappa shape index (κ2) is 11.3. The van der Waals surface area contributed by atoms with Crippen LogP contribution in [0.25, 0.3) is 0 Å². The molecule has 0 N–H and O–H groups in total. The Morgan fingerprint density at radius 3 is 2.44 bits per heavy atom. The van der Waals surface area contributed by atoms with Crippen LogP contribution in [-0.2, 0) is 4.79 Å². The number of nitrogens with zero attached hydrogens (tertiary/aromatic N) is 5. The molecule has 2 atom stereocenters. The van der Waals surface area contributed by atoms with Gasteiger partial charge in [-0.25, -0.2) is 4.98 Å². The van der Waals surface area contributed by atoms with Crippen molar-refractivity contribution < 1.29 is 14.3 Å². The minimum absolute atomic E-state index is 0.00746. The van der Waals surface area contributed by atoms with Crippen molar-refractivity contribution in [1.82, 2.24) is 19.7 Å². The predicted molar refractivity (Wildman–Crippen MR) is 139 cm³/mol. The zero-order chi connectivity index (χ0) is 24.9. The largest absolute Gasteiger partial charge is 0.490 e. The molecule has 0 bridgehead atoms. The lowest BCUT2D eigenvalue weighted by atomic mass is 9.90. The SMILES string of the molecule is CN1CCN(C(=O)C[C@H]2CN(C(=O)c3ccnc(N4CCCC4)c3)CC[C@@H]2Oc2ccccc2)CC1. The van der Waals surface area contributed by atoms with Crippen molar-refractivity contribution >= 4 is 17.6 Å². The molecule has 2 aromatic rings. The standard InChI is InChI=1S/C28H37N5O3/c1-30-15-17-32(18-16-30)27(34)20-23-21-33(14-10-25(23)36-24-7-3-2-4-8-24)28(35)22-9-11-29-26(19-22)31-12-5-6-13-31/h2-4,7-9,11,19,23,25H,5-6,10,12-18,20-21H2,1H3/t23-,25-/m0/s1. The lowest BCUT2D eigenvalue weighted by Gasteiger charge is -2.40. The van der Waals surface area contributed by atoms with Crippen molar-refractivity contribution in [1.29, 1.82) is 0 Å². The zero-order valence-electron chi connectivity index (χ0n) is 21.2. The minimum atomic E-state index is -0.106. The molecule has 4 heterocycles. The van der Waals surface area contributed by atoms with Gasteiger partial charge in [-0.15, -0.1) is 0 Å². The van der Waals surface area contributed by atoms with Gasteiger partial charge in [-0.05, 0) is 44.2 Å². The summed E-state index contributed by atoms with van der Waals surface area (Å²) in [5.74, 6) is 1.79. The molecule has 3 aliphatic heterocycles. The van der Waals surface area contributed by atoms with E-state index >= 15 is 0 Å². The second-order valence-electron chi connectivity index (χ2n) is 10.3. The van der Waals surface area contributed by atoms with Gasteiger partial charge in [-0.1, -0.05) is 18.2 Å². The summed E-state index contributed by atoms with van der Waals surface area (Å²) in [6.45, 7) is 6.40. The third kappa shape index (κ3) is 5.81. The van der Waals surface area contributed by atoms with E-state index in [0.717, 1.165) is 63.7 Å². The number of piperidine rings is 1. The first-order valence-electron chi connectivity index (χ1n) is 13.2. The summed E-state index contributed by atoms with van der Waals surface area (Å²) in [5, 5.41) is 0. The third-order valence-electron chi connectivity index (χ3n) is 7.70. The molecule has 0 aliphatic carbocycles. The van der Waals surface area contributed by atoms with Crippen LogP contribution in [0.5, 0.6) is 5.75 Å². The predicted octanol–water partition coefficient (Wildman–Crippen LogP) is 2.76. The highest BCUT2D eigenvalue weighted by Crippen LogP contribution is 2.28. The molecule has 1 aromatic heterocycles. The molecular weight excluding hydrogens is 454 g/mol. The second-order valence-corrected chi connectivity index (χ2v) is 10.3. The summed E-state index contributed by atoms with van der Waals surface area (Å²) in [6.07, 6.45) is 5.05. The van der Waals surface area contributed by atoms with E-state index in [1.807, 2.05) is 46.2 Å². The van der Waals surface area contributed by atoms with Crippen LogP contribution < -0.4 is 9.64 Å². The number of anilines is 1. The van der Waals surface area contributed by atoms with Crippen LogP contribution in [0, 0.1) is 5.92 Å². The topological polar surface area (TPSA) is 69.2 Å². The number of benzene rings is 1. The maximum absolute atomic E-state index is 13.5. The first-order chi connectivity index (χ1) is 17.6. The van der Waals surface area contributed by atoms with Crippen molar-refractivity contribution in [3.63, 3.8) is 0 Å². The number of aromatic nitrogens is 1. The third-order valence-corrected chi connectivity index (χ3v) is 7.70. The maximum atomic E-state index is 13.5. The van der Waals surface area contributed by atoms with Gasteiger partial charge in [-0.3, -0.25) is 9.59 Å². The quantitative estimate of drug-likeness (QED) is 0.619. The number of rotatable bonds is 6. The summed E-state index contributed by atoms with van der Waals surface area (Å²) in [5.41, 5.74) is 0.665. The van der Waals surface area contributed by atoms with E-state index in [4.69, 9.17) is 4.74 Å². The van der Waals surface area contributed by atoms with Crippen molar-refractivity contribution in [2.75, 3.05) is 64.3 Å². The average molecular weight is 492 g/mol. The molecule has 3 saturated heterocycles. The summed E-state index contributed by atoms with van der Waals surface area (Å²) < 4.78 is 6.36. The summed E-state index contributed by atoms with van der Waals surface area (Å²) in [7, 11) is 2.09. The fraction of sp³-hybridized carbons (Fsp3) is 0.536. The van der Waals surface area contributed by atoms with Gasteiger partial charge in [0.1, 0.15) is 17.7 Å². The highest BCUT2D eigenvalue weighted by Gasteiger charge is 2.36. The number of ether oxygens (including phenoxy) is 1. The number of hydrogen-bond donors (Lipinski definition) is 0. The Hall–Kier alpha value is -3.13. The molecule has 8 nitrogen and oxygen atoms in total. The Kier molecular flexibility index (Phi) is 7.70. The lowest BCUT2D eigenvalue weighted by molar-refractivity contribution is -0.135. The van der Waals surface area contributed by atoms with E-state index in [0.29, 0.717) is 31.5 Å². The Morgan fingerprint density at radius 2 is 1.69 bits per heavy atom. The number of para-hydroxylation sites is 1. The van der Waals surface area contributed by atoms with Crippen LogP contribution in [0.3, 0.4) is 0 Å². The van der Waals surface area contributed by atoms with Crippen LogP contribution in [0.2, 0.25) is 0 Å². The molecule has 36 heavy (non-hydrogen) atoms. The number of pyridine rings is 1. The summed E-state index contributed by atoms with van der Waals surface area (Å²) >= 11 is 0. The molecule has 3 fully saturated rings. The van der Waals surface area contributed by atoms with E-state index in [-0.39, 0.29) is 23.8 Å². The molecule has 0 radical (unpaired) electrons. The van der Waals surface area contributed by atoms with Gasteiger partial charge >= 0.3 is 0 Å². The van der Waals surface area contributed by atoms with Gasteiger partial charge in [0.15, 0.2) is 0 Å². The number of hydrogen-bond acceptors (Lipinski definition) is 6. The van der Waals surface area contributed by atoms with E-state index in [1.165, 1.54) is 0 Å². The summed E-state index contributed by atoms with van der Waals surface area (Å²) in [6, 6.07) is 13.5. The average Bonchev–Trinajstić information content (AvgIpc) is 3.46. The number of likely N-dealkylation sites (tertiary alicyclic amines) is 1. The van der Waals surface area contributed by atoms with Crippen LogP contribution in [0.1, 0.15) is 36.0 Å². The molecule has 192 valence electrons. The molecule has 5 rings (SSSR count). The maximum Gasteiger partial charge on any atom is 0.254 e.